The molecule has 0 aliphatic carbocycles. The molecule has 4 rings (SSSR count). The highest BCUT2D eigenvalue weighted by molar-refractivity contribution is 7.10. The van der Waals surface area contributed by atoms with Gasteiger partial charge in [0.1, 0.15) is 16.8 Å². The van der Waals surface area contributed by atoms with Crippen molar-refractivity contribution in [2.45, 2.75) is 26.4 Å². The van der Waals surface area contributed by atoms with Crippen molar-refractivity contribution in [3.05, 3.63) is 69.4 Å². The Kier molecular flexibility index (Phi) is 5.76. The molecule has 0 bridgehead atoms. The zero-order valence-corrected chi connectivity index (χ0v) is 18.1. The van der Waals surface area contributed by atoms with Gasteiger partial charge in [0.25, 0.3) is 0 Å². The van der Waals surface area contributed by atoms with E-state index in [9.17, 15) is 0 Å². The molecule has 1 aromatic carbocycles. The quantitative estimate of drug-likeness (QED) is 0.395. The second-order valence-corrected chi connectivity index (χ2v) is 8.26. The number of thiophene rings is 1. The average Bonchev–Trinajstić information content (AvgIpc) is 3.19. The van der Waals surface area contributed by atoms with Crippen LogP contribution in [0, 0.1) is 6.92 Å². The lowest BCUT2D eigenvalue weighted by Gasteiger charge is -2.15. The topological polar surface area (TPSA) is 62.7 Å². The maximum Gasteiger partial charge on any atom is 0.138 e. The molecule has 0 saturated heterocycles. The number of pyridine rings is 1. The first-order chi connectivity index (χ1) is 14.0. The second-order valence-electron chi connectivity index (χ2n) is 6.93. The van der Waals surface area contributed by atoms with Gasteiger partial charge >= 0.3 is 0 Å². The van der Waals surface area contributed by atoms with E-state index >= 15 is 0 Å². The number of hydrogen-bond acceptors (Lipinski definition) is 6. The minimum absolute atomic E-state index is 0.0923. The average molecular weight is 424 g/mol. The predicted molar refractivity (Wildman–Crippen MR) is 122 cm³/mol. The smallest absolute Gasteiger partial charge is 0.138 e. The van der Waals surface area contributed by atoms with Crippen molar-refractivity contribution >= 4 is 39.7 Å². The van der Waals surface area contributed by atoms with E-state index in [0.29, 0.717) is 11.0 Å². The molecule has 4 aromatic rings. The second kappa shape index (κ2) is 8.45. The van der Waals surface area contributed by atoms with Gasteiger partial charge in [0.05, 0.1) is 17.8 Å². The van der Waals surface area contributed by atoms with Gasteiger partial charge in [0.15, 0.2) is 0 Å². The fourth-order valence-electron chi connectivity index (χ4n) is 3.38. The number of halogens is 1. The summed E-state index contributed by atoms with van der Waals surface area (Å²) < 4.78 is 0. The fourth-order valence-corrected chi connectivity index (χ4v) is 4.45. The van der Waals surface area contributed by atoms with Crippen LogP contribution in [0.15, 0.2) is 48.0 Å². The molecular weight excluding hydrogens is 402 g/mol. The first kappa shape index (κ1) is 19.8. The van der Waals surface area contributed by atoms with E-state index in [4.69, 9.17) is 11.6 Å². The largest absolute Gasteiger partial charge is 0.362 e. The van der Waals surface area contributed by atoms with Crippen molar-refractivity contribution in [2.24, 2.45) is 0 Å². The molecule has 0 radical (unpaired) electrons. The van der Waals surface area contributed by atoms with Crippen LogP contribution < -0.4 is 10.6 Å². The van der Waals surface area contributed by atoms with Gasteiger partial charge in [-0.3, -0.25) is 0 Å². The molecule has 29 heavy (non-hydrogen) atoms. The summed E-state index contributed by atoms with van der Waals surface area (Å²) in [6.07, 6.45) is 1.68. The number of nitrogens with zero attached hydrogens (tertiary/aromatic N) is 3. The Morgan fingerprint density at radius 1 is 1.17 bits per heavy atom. The van der Waals surface area contributed by atoms with Gasteiger partial charge in [0, 0.05) is 16.8 Å². The number of hydrogen-bond donors (Lipinski definition) is 2. The number of rotatable bonds is 6. The molecule has 0 spiro atoms. The van der Waals surface area contributed by atoms with Gasteiger partial charge in [-0.05, 0) is 55.1 Å². The molecule has 0 aliphatic heterocycles. The maximum absolute atomic E-state index is 6.10. The van der Waals surface area contributed by atoms with Crippen LogP contribution in [-0.4, -0.2) is 22.0 Å². The van der Waals surface area contributed by atoms with Crippen molar-refractivity contribution in [3.63, 3.8) is 0 Å². The van der Waals surface area contributed by atoms with Crippen molar-refractivity contribution in [2.75, 3.05) is 12.4 Å². The Hall–Kier alpha value is -2.54. The molecule has 0 saturated carbocycles. The van der Waals surface area contributed by atoms with Crippen LogP contribution in [0.2, 0.25) is 5.15 Å². The van der Waals surface area contributed by atoms with Crippen LogP contribution in [0.4, 0.5) is 5.82 Å². The number of fused-ring (bicyclic) bond motifs is 1. The molecule has 0 unspecified atom stereocenters. The summed E-state index contributed by atoms with van der Waals surface area (Å²) in [5, 5.41) is 10.3. The van der Waals surface area contributed by atoms with Crippen molar-refractivity contribution in [1.29, 1.82) is 0 Å². The number of nitrogens with one attached hydrogen (secondary N) is 2. The van der Waals surface area contributed by atoms with Gasteiger partial charge in [-0.15, -0.1) is 11.3 Å². The van der Waals surface area contributed by atoms with E-state index in [1.807, 2.05) is 14.0 Å². The fraction of sp³-hybridized carbons (Fsp3) is 0.227. The first-order valence-corrected chi connectivity index (χ1v) is 10.7. The van der Waals surface area contributed by atoms with Crippen LogP contribution in [0.5, 0.6) is 0 Å². The molecule has 0 fully saturated rings. The van der Waals surface area contributed by atoms with Crippen LogP contribution in [-0.2, 0) is 6.54 Å². The highest BCUT2D eigenvalue weighted by Gasteiger charge is 2.14. The monoisotopic (exact) mass is 423 g/mol. The normalized spacial score (nSPS) is 12.3. The molecule has 3 heterocycles. The van der Waals surface area contributed by atoms with Crippen molar-refractivity contribution in [1.82, 2.24) is 20.3 Å². The Balaban J connectivity index is 1.63. The van der Waals surface area contributed by atoms with Crippen molar-refractivity contribution < 1.29 is 0 Å². The van der Waals surface area contributed by atoms with Gasteiger partial charge in [0.2, 0.25) is 0 Å². The van der Waals surface area contributed by atoms with E-state index in [1.165, 1.54) is 21.6 Å². The summed E-state index contributed by atoms with van der Waals surface area (Å²) in [5.74, 6) is 1.47. The highest BCUT2D eigenvalue weighted by Crippen LogP contribution is 2.33. The summed E-state index contributed by atoms with van der Waals surface area (Å²) in [7, 11) is 1.97. The van der Waals surface area contributed by atoms with Gasteiger partial charge in [-0.1, -0.05) is 35.9 Å². The molecule has 148 valence electrons. The Bertz CT molecular complexity index is 1160. The summed E-state index contributed by atoms with van der Waals surface area (Å²) >= 11 is 7.84. The summed E-state index contributed by atoms with van der Waals surface area (Å²) in [4.78, 5) is 14.4. The lowest BCUT2D eigenvalue weighted by atomic mass is 10.0. The van der Waals surface area contributed by atoms with Gasteiger partial charge in [-0.25, -0.2) is 15.0 Å². The first-order valence-electron chi connectivity index (χ1n) is 9.43. The molecule has 5 nitrogen and oxygen atoms in total. The SMILES string of the molecule is CNCc1ccccc1-c1csc([C@@H](C)Nc2nc(C)nc3cnc(Cl)cc23)c1. The number of aromatic nitrogens is 3. The Morgan fingerprint density at radius 3 is 2.83 bits per heavy atom. The molecular formula is C22H22ClN5S. The third-order valence-corrected chi connectivity index (χ3v) is 6.08. The molecule has 0 amide bonds. The maximum atomic E-state index is 6.10. The molecule has 3 aromatic heterocycles. The predicted octanol–water partition coefficient (Wildman–Crippen LogP) is 5.61. The van der Waals surface area contributed by atoms with E-state index < -0.39 is 0 Å². The van der Waals surface area contributed by atoms with Gasteiger partial charge < -0.3 is 10.6 Å². The van der Waals surface area contributed by atoms with E-state index in [2.05, 4.69) is 68.2 Å². The lowest BCUT2D eigenvalue weighted by Crippen LogP contribution is -2.08. The third-order valence-electron chi connectivity index (χ3n) is 4.76. The van der Waals surface area contributed by atoms with Crippen molar-refractivity contribution in [3.8, 4) is 11.1 Å². The number of aryl methyl sites for hydroxylation is 1. The molecule has 7 heteroatoms. The minimum Gasteiger partial charge on any atom is -0.362 e. The standard InChI is InChI=1S/C22H22ClN5S/c1-13(26-22-18-9-21(23)25-11-19(18)27-14(2)28-22)20-8-16(12-29-20)17-7-5-4-6-15(17)10-24-3/h4-9,11-13,24H,10H2,1-3H3,(H,26,27,28)/t13-/m1/s1. The van der Waals surface area contributed by atoms with Crippen LogP contribution >= 0.6 is 22.9 Å². The van der Waals surface area contributed by atoms with Crippen LogP contribution in [0.25, 0.3) is 22.0 Å². The Morgan fingerprint density at radius 2 is 2.00 bits per heavy atom. The highest BCUT2D eigenvalue weighted by atomic mass is 35.5. The van der Waals surface area contributed by atoms with Gasteiger partial charge in [-0.2, -0.15) is 0 Å². The van der Waals surface area contributed by atoms with E-state index in [1.54, 1.807) is 23.6 Å². The zero-order chi connectivity index (χ0) is 20.4. The molecule has 2 N–H and O–H groups in total. The number of benzene rings is 1. The molecule has 1 atom stereocenters. The van der Waals surface area contributed by atoms with Crippen LogP contribution in [0.3, 0.4) is 0 Å². The zero-order valence-electron chi connectivity index (χ0n) is 16.5. The summed E-state index contributed by atoms with van der Waals surface area (Å²) in [5.41, 5.74) is 4.57. The molecule has 0 aliphatic rings. The Labute approximate surface area is 179 Å². The van der Waals surface area contributed by atoms with E-state index in [-0.39, 0.29) is 6.04 Å². The third kappa shape index (κ3) is 4.24. The minimum atomic E-state index is 0.0923. The summed E-state index contributed by atoms with van der Waals surface area (Å²) in [6.45, 7) is 4.86. The summed E-state index contributed by atoms with van der Waals surface area (Å²) in [6, 6.07) is 12.7. The van der Waals surface area contributed by atoms with E-state index in [0.717, 1.165) is 23.3 Å². The lowest BCUT2D eigenvalue weighted by molar-refractivity contribution is 0.819. The van der Waals surface area contributed by atoms with Crippen LogP contribution in [0.1, 0.15) is 29.2 Å². The number of anilines is 1.